The first kappa shape index (κ1) is 34.6. The van der Waals surface area contributed by atoms with Crippen molar-refractivity contribution in [2.75, 3.05) is 18.0 Å². The highest BCUT2D eigenvalue weighted by Gasteiger charge is 2.30. The highest BCUT2D eigenvalue weighted by molar-refractivity contribution is 5.86. The second-order valence-electron chi connectivity index (χ2n) is 13.0. The number of carbonyl (C=O) groups is 1. The number of carboxylic acid groups (broad SMARTS) is 1. The maximum atomic E-state index is 11.7. The van der Waals surface area contributed by atoms with Crippen molar-refractivity contribution in [3.8, 4) is 11.1 Å². The van der Waals surface area contributed by atoms with E-state index in [4.69, 9.17) is 14.8 Å². The third-order valence-electron chi connectivity index (χ3n) is 6.33. The van der Waals surface area contributed by atoms with Crippen LogP contribution in [0.1, 0.15) is 105 Å². The van der Waals surface area contributed by atoms with Crippen LogP contribution in [0, 0.1) is 19.3 Å². The molecule has 220 valence electrons. The normalized spacial score (nSPS) is 15.1. The number of aliphatic carboxylic acids is 1. The van der Waals surface area contributed by atoms with Gasteiger partial charge in [0.25, 0.3) is 0 Å². The van der Waals surface area contributed by atoms with Gasteiger partial charge in [-0.3, -0.25) is 9.78 Å². The summed E-state index contributed by atoms with van der Waals surface area (Å²) in [5.41, 5.74) is 6.50. The lowest BCUT2D eigenvalue weighted by Crippen LogP contribution is -2.38. The third-order valence-corrected chi connectivity index (χ3v) is 6.33. The number of aryl methyl sites for hydroxylation is 2. The molecule has 3 rings (SSSR count). The van der Waals surface area contributed by atoms with E-state index in [1.54, 1.807) is 20.8 Å². The van der Waals surface area contributed by atoms with Gasteiger partial charge in [0, 0.05) is 35.6 Å². The molecule has 6 nitrogen and oxygen atoms in total. The second-order valence-corrected chi connectivity index (χ2v) is 13.0. The number of aliphatic hydroxyl groups is 1. The van der Waals surface area contributed by atoms with Crippen molar-refractivity contribution < 1.29 is 19.7 Å². The molecule has 0 radical (unpaired) electrons. The number of benzene rings is 1. The van der Waals surface area contributed by atoms with Crippen LogP contribution in [0.15, 0.2) is 24.3 Å². The number of nitrogens with zero attached hydrogens (tertiary/aromatic N) is 2. The van der Waals surface area contributed by atoms with Crippen LogP contribution < -0.4 is 4.90 Å². The molecular formula is C33H54N2O4. The standard InChI is InChI=1S/C27H38N2O3.C4H10O.C2H6/c1-18-22(16-23(30)31)25(29-14-12-27(6,7)13-15-29)24(19(2)28-18)21-10-8-20(9-11-21)17-32-26(3,4)5;1-4(2,3)5;1-2/h8-11H,12-17H2,1-7H3,(H,30,31);5H,1-3H3;1-2H3. The van der Waals surface area contributed by atoms with E-state index in [0.717, 1.165) is 65.3 Å². The van der Waals surface area contributed by atoms with E-state index in [2.05, 4.69) is 63.8 Å². The average Bonchev–Trinajstić information content (AvgIpc) is 2.79. The fourth-order valence-electron chi connectivity index (χ4n) is 4.33. The monoisotopic (exact) mass is 542 g/mol. The van der Waals surface area contributed by atoms with Gasteiger partial charge in [0.05, 0.1) is 29.9 Å². The van der Waals surface area contributed by atoms with E-state index in [0.29, 0.717) is 12.0 Å². The lowest BCUT2D eigenvalue weighted by atomic mass is 9.82. The SMILES string of the molecule is CC.CC(C)(C)O.Cc1nc(C)c(-c2ccc(COC(C)(C)C)cc2)c(N2CCC(C)(C)CC2)c1CC(=O)O. The lowest BCUT2D eigenvalue weighted by molar-refractivity contribution is -0.136. The number of ether oxygens (including phenoxy) is 1. The Labute approximate surface area is 237 Å². The number of rotatable bonds is 6. The van der Waals surface area contributed by atoms with Crippen molar-refractivity contribution >= 4 is 11.7 Å². The summed E-state index contributed by atoms with van der Waals surface area (Å²) in [6, 6.07) is 8.42. The van der Waals surface area contributed by atoms with Crippen LogP contribution in [0.4, 0.5) is 5.69 Å². The number of hydrogen-bond donors (Lipinski definition) is 2. The fourth-order valence-corrected chi connectivity index (χ4v) is 4.33. The van der Waals surface area contributed by atoms with Crippen LogP contribution >= 0.6 is 0 Å². The molecule has 2 heterocycles. The van der Waals surface area contributed by atoms with Crippen LogP contribution in [-0.4, -0.2) is 45.5 Å². The van der Waals surface area contributed by atoms with Gasteiger partial charge in [-0.2, -0.15) is 0 Å². The second kappa shape index (κ2) is 14.3. The van der Waals surface area contributed by atoms with E-state index in [1.807, 2.05) is 27.7 Å². The van der Waals surface area contributed by atoms with Crippen LogP contribution in [0.3, 0.4) is 0 Å². The molecular weight excluding hydrogens is 488 g/mol. The van der Waals surface area contributed by atoms with Gasteiger partial charge in [0.2, 0.25) is 0 Å². The Morgan fingerprint density at radius 2 is 1.46 bits per heavy atom. The molecule has 2 N–H and O–H groups in total. The summed E-state index contributed by atoms with van der Waals surface area (Å²) < 4.78 is 5.92. The van der Waals surface area contributed by atoms with E-state index < -0.39 is 11.6 Å². The summed E-state index contributed by atoms with van der Waals surface area (Å²) in [7, 11) is 0. The quantitative estimate of drug-likeness (QED) is 0.388. The van der Waals surface area contributed by atoms with E-state index >= 15 is 0 Å². The van der Waals surface area contributed by atoms with Crippen LogP contribution in [0.2, 0.25) is 0 Å². The molecule has 39 heavy (non-hydrogen) atoms. The molecule has 0 spiro atoms. The third kappa shape index (κ3) is 12.1. The summed E-state index contributed by atoms with van der Waals surface area (Å²) in [6.07, 6.45) is 2.16. The van der Waals surface area contributed by atoms with Crippen molar-refractivity contribution in [3.63, 3.8) is 0 Å². The minimum Gasteiger partial charge on any atom is -0.481 e. The minimum absolute atomic E-state index is 0.0150. The van der Waals surface area contributed by atoms with Crippen molar-refractivity contribution in [2.45, 2.75) is 120 Å². The Morgan fingerprint density at radius 1 is 0.974 bits per heavy atom. The molecule has 6 heteroatoms. The average molecular weight is 543 g/mol. The zero-order valence-electron chi connectivity index (χ0n) is 26.7. The maximum Gasteiger partial charge on any atom is 0.307 e. The zero-order chi connectivity index (χ0) is 30.2. The molecule has 1 saturated heterocycles. The van der Waals surface area contributed by atoms with E-state index in [9.17, 15) is 9.90 Å². The molecule has 0 aliphatic carbocycles. The largest absolute Gasteiger partial charge is 0.481 e. The Balaban J connectivity index is 0.000000975. The summed E-state index contributed by atoms with van der Waals surface area (Å²) in [5.74, 6) is -0.821. The Morgan fingerprint density at radius 3 is 1.90 bits per heavy atom. The Bertz CT molecular complexity index is 1050. The molecule has 2 aromatic rings. The van der Waals surface area contributed by atoms with Crippen LogP contribution in [0.5, 0.6) is 0 Å². The van der Waals surface area contributed by atoms with E-state index in [-0.39, 0.29) is 12.0 Å². The van der Waals surface area contributed by atoms with E-state index in [1.165, 1.54) is 0 Å². The molecule has 0 amide bonds. The number of pyridine rings is 1. The first-order valence-electron chi connectivity index (χ1n) is 14.3. The van der Waals surface area contributed by atoms with Crippen molar-refractivity contribution in [3.05, 3.63) is 46.8 Å². The van der Waals surface area contributed by atoms with Gasteiger partial charge in [-0.1, -0.05) is 52.0 Å². The van der Waals surface area contributed by atoms with Gasteiger partial charge < -0.3 is 19.8 Å². The summed E-state index contributed by atoms with van der Waals surface area (Å²) in [5, 5.41) is 18.1. The summed E-state index contributed by atoms with van der Waals surface area (Å²) in [6.45, 7) is 26.4. The number of carboxylic acids is 1. The van der Waals surface area contributed by atoms with Gasteiger partial charge in [0.1, 0.15) is 0 Å². The Kier molecular flexibility index (Phi) is 12.7. The van der Waals surface area contributed by atoms with Crippen molar-refractivity contribution in [2.24, 2.45) is 5.41 Å². The summed E-state index contributed by atoms with van der Waals surface area (Å²) in [4.78, 5) is 18.9. The van der Waals surface area contributed by atoms with Crippen LogP contribution in [-0.2, 0) is 22.6 Å². The van der Waals surface area contributed by atoms with Crippen LogP contribution in [0.25, 0.3) is 11.1 Å². The highest BCUT2D eigenvalue weighted by atomic mass is 16.5. The first-order chi connectivity index (χ1) is 17.9. The highest BCUT2D eigenvalue weighted by Crippen LogP contribution is 2.41. The topological polar surface area (TPSA) is 82.9 Å². The molecule has 1 aliphatic rings. The molecule has 1 fully saturated rings. The number of piperidine rings is 1. The van der Waals surface area contributed by atoms with Gasteiger partial charge in [-0.15, -0.1) is 0 Å². The summed E-state index contributed by atoms with van der Waals surface area (Å²) >= 11 is 0. The lowest BCUT2D eigenvalue weighted by Gasteiger charge is -2.40. The number of anilines is 1. The molecule has 1 aromatic carbocycles. The minimum atomic E-state index is -0.821. The fraction of sp³-hybridized carbons (Fsp3) is 0.636. The van der Waals surface area contributed by atoms with Gasteiger partial charge >= 0.3 is 5.97 Å². The molecule has 0 atom stereocenters. The molecule has 0 saturated carbocycles. The Hall–Kier alpha value is -2.44. The molecule has 0 bridgehead atoms. The first-order valence-corrected chi connectivity index (χ1v) is 14.3. The molecule has 0 unspecified atom stereocenters. The zero-order valence-corrected chi connectivity index (χ0v) is 26.7. The van der Waals surface area contributed by atoms with Gasteiger partial charge in [0.15, 0.2) is 0 Å². The number of aromatic nitrogens is 1. The van der Waals surface area contributed by atoms with Crippen molar-refractivity contribution in [1.82, 2.24) is 4.98 Å². The molecule has 1 aliphatic heterocycles. The predicted octanol–water partition coefficient (Wildman–Crippen LogP) is 7.74. The van der Waals surface area contributed by atoms with Gasteiger partial charge in [-0.25, -0.2) is 0 Å². The van der Waals surface area contributed by atoms with Gasteiger partial charge in [-0.05, 0) is 84.8 Å². The maximum absolute atomic E-state index is 11.7. The smallest absolute Gasteiger partial charge is 0.307 e. The predicted molar refractivity (Wildman–Crippen MR) is 164 cm³/mol. The number of hydrogen-bond acceptors (Lipinski definition) is 5. The van der Waals surface area contributed by atoms with Crippen molar-refractivity contribution in [1.29, 1.82) is 0 Å². The molecule has 1 aromatic heterocycles.